The van der Waals surface area contributed by atoms with Crippen molar-refractivity contribution in [3.05, 3.63) is 47.3 Å². The van der Waals surface area contributed by atoms with E-state index in [1.807, 2.05) is 50.4 Å². The normalized spacial score (nSPS) is 10.4. The predicted molar refractivity (Wildman–Crippen MR) is 80.2 cm³/mol. The molecule has 0 saturated heterocycles. The smallest absolute Gasteiger partial charge is 0.261 e. The van der Waals surface area contributed by atoms with E-state index in [2.05, 4.69) is 15.1 Å². The fourth-order valence-corrected chi connectivity index (χ4v) is 1.74. The number of hydrazone groups is 1. The molecule has 0 unspecified atom stereocenters. The number of benzene rings is 1. The summed E-state index contributed by atoms with van der Waals surface area (Å²) in [6, 6.07) is 9.18. The van der Waals surface area contributed by atoms with Gasteiger partial charge in [0.05, 0.1) is 13.3 Å². The van der Waals surface area contributed by atoms with E-state index in [1.54, 1.807) is 13.3 Å². The molecule has 0 aliphatic carbocycles. The molecule has 1 aromatic carbocycles. The van der Waals surface area contributed by atoms with Gasteiger partial charge in [-0.05, 0) is 49.7 Å². The van der Waals surface area contributed by atoms with Gasteiger partial charge in [-0.25, -0.2) is 9.97 Å². The second-order valence-electron chi connectivity index (χ2n) is 4.38. The minimum Gasteiger partial charge on any atom is -0.497 e. The van der Waals surface area contributed by atoms with Crippen molar-refractivity contribution in [1.29, 1.82) is 5.26 Å². The zero-order chi connectivity index (χ0) is 15.2. The lowest BCUT2D eigenvalue weighted by Crippen LogP contribution is -2.13. The average molecular weight is 281 g/mol. The Balaban J connectivity index is 2.21. The first-order valence-corrected chi connectivity index (χ1v) is 6.32. The molecule has 6 heteroatoms. The summed E-state index contributed by atoms with van der Waals surface area (Å²) in [5.41, 5.74) is 2.43. The van der Waals surface area contributed by atoms with Crippen LogP contribution in [-0.4, -0.2) is 23.3 Å². The molecule has 0 spiro atoms. The molecule has 1 aromatic heterocycles. The Morgan fingerprint density at radius 1 is 1.19 bits per heavy atom. The average Bonchev–Trinajstić information content (AvgIpc) is 2.47. The predicted octanol–water partition coefficient (Wildman–Crippen LogP) is 2.42. The van der Waals surface area contributed by atoms with Crippen molar-refractivity contribution in [2.45, 2.75) is 13.8 Å². The van der Waals surface area contributed by atoms with E-state index in [-0.39, 0.29) is 5.95 Å². The standard InChI is InChI=1S/C15H15N5O/c1-11-8-12(2)19-15(18-11)20(10-16)17-9-13-4-6-14(21-3)7-5-13/h4-9H,1-3H3/b17-9+. The zero-order valence-electron chi connectivity index (χ0n) is 12.1. The summed E-state index contributed by atoms with van der Waals surface area (Å²) in [7, 11) is 1.61. The van der Waals surface area contributed by atoms with Crippen molar-refractivity contribution in [2.24, 2.45) is 5.10 Å². The minimum absolute atomic E-state index is 0.264. The van der Waals surface area contributed by atoms with E-state index in [9.17, 15) is 5.26 Å². The molecule has 0 aliphatic heterocycles. The van der Waals surface area contributed by atoms with Crippen LogP contribution < -0.4 is 9.75 Å². The van der Waals surface area contributed by atoms with E-state index in [1.165, 1.54) is 0 Å². The Morgan fingerprint density at radius 2 is 1.81 bits per heavy atom. The van der Waals surface area contributed by atoms with Gasteiger partial charge in [-0.2, -0.15) is 10.4 Å². The Morgan fingerprint density at radius 3 is 2.33 bits per heavy atom. The fourth-order valence-electron chi connectivity index (χ4n) is 1.74. The molecular formula is C15H15N5O. The molecule has 106 valence electrons. The number of hydrogen-bond donors (Lipinski definition) is 0. The van der Waals surface area contributed by atoms with Crippen LogP contribution in [0.4, 0.5) is 5.95 Å². The highest BCUT2D eigenvalue weighted by atomic mass is 16.5. The van der Waals surface area contributed by atoms with Crippen molar-refractivity contribution in [3.8, 4) is 11.9 Å². The van der Waals surface area contributed by atoms with Crippen LogP contribution in [0.5, 0.6) is 5.75 Å². The van der Waals surface area contributed by atoms with Crippen LogP contribution in [0.1, 0.15) is 17.0 Å². The van der Waals surface area contributed by atoms with E-state index >= 15 is 0 Å². The van der Waals surface area contributed by atoms with Crippen LogP contribution in [0.2, 0.25) is 0 Å². The number of nitrogens with zero attached hydrogens (tertiary/aromatic N) is 5. The van der Waals surface area contributed by atoms with Crippen molar-refractivity contribution < 1.29 is 4.74 Å². The van der Waals surface area contributed by atoms with E-state index < -0.39 is 0 Å². The Labute approximate surface area is 123 Å². The van der Waals surface area contributed by atoms with Gasteiger partial charge in [0.15, 0.2) is 0 Å². The van der Waals surface area contributed by atoms with Gasteiger partial charge in [-0.3, -0.25) is 0 Å². The molecule has 21 heavy (non-hydrogen) atoms. The third kappa shape index (κ3) is 3.76. The number of aromatic nitrogens is 2. The van der Waals surface area contributed by atoms with Gasteiger partial charge in [0.25, 0.3) is 5.95 Å². The fraction of sp³-hybridized carbons (Fsp3) is 0.200. The lowest BCUT2D eigenvalue weighted by atomic mass is 10.2. The lowest BCUT2D eigenvalue weighted by molar-refractivity contribution is 0.415. The molecule has 0 bridgehead atoms. The maximum absolute atomic E-state index is 9.18. The number of rotatable bonds is 4. The third-order valence-corrected chi connectivity index (χ3v) is 2.69. The van der Waals surface area contributed by atoms with Gasteiger partial charge in [0.2, 0.25) is 6.19 Å². The van der Waals surface area contributed by atoms with Crippen LogP contribution in [0.15, 0.2) is 35.4 Å². The molecule has 0 amide bonds. The summed E-state index contributed by atoms with van der Waals surface area (Å²) in [5.74, 6) is 1.03. The summed E-state index contributed by atoms with van der Waals surface area (Å²) in [4.78, 5) is 8.41. The van der Waals surface area contributed by atoms with Gasteiger partial charge in [-0.1, -0.05) is 0 Å². The van der Waals surface area contributed by atoms with Gasteiger partial charge in [-0.15, -0.1) is 5.01 Å². The summed E-state index contributed by atoms with van der Waals surface area (Å²) < 4.78 is 5.08. The number of aryl methyl sites for hydroxylation is 2. The molecule has 0 N–H and O–H groups in total. The van der Waals surface area contributed by atoms with Crippen LogP contribution in [-0.2, 0) is 0 Å². The second kappa shape index (κ2) is 6.48. The Hall–Kier alpha value is -2.94. The third-order valence-electron chi connectivity index (χ3n) is 2.69. The second-order valence-corrected chi connectivity index (χ2v) is 4.38. The summed E-state index contributed by atoms with van der Waals surface area (Å²) >= 11 is 0. The first kappa shape index (κ1) is 14.5. The first-order valence-electron chi connectivity index (χ1n) is 6.32. The molecule has 6 nitrogen and oxygen atoms in total. The maximum Gasteiger partial charge on any atom is 0.261 e. The highest BCUT2D eigenvalue weighted by molar-refractivity contribution is 5.80. The summed E-state index contributed by atoms with van der Waals surface area (Å²) in [6.07, 6.45) is 3.52. The highest BCUT2D eigenvalue weighted by Crippen LogP contribution is 2.12. The molecule has 0 radical (unpaired) electrons. The quantitative estimate of drug-likeness (QED) is 0.372. The molecule has 1 heterocycles. The largest absolute Gasteiger partial charge is 0.497 e. The van der Waals surface area contributed by atoms with Crippen molar-refractivity contribution >= 4 is 12.2 Å². The SMILES string of the molecule is COc1ccc(/C=N/N(C#N)c2nc(C)cc(C)n2)cc1. The summed E-state index contributed by atoms with van der Waals surface area (Å²) in [5, 5.41) is 14.4. The molecule has 0 atom stereocenters. The molecule has 0 aliphatic rings. The van der Waals surface area contributed by atoms with Crippen LogP contribution in [0.25, 0.3) is 0 Å². The van der Waals surface area contributed by atoms with Crippen LogP contribution in [0.3, 0.4) is 0 Å². The van der Waals surface area contributed by atoms with Gasteiger partial charge in [0, 0.05) is 11.4 Å². The number of methoxy groups -OCH3 is 1. The van der Waals surface area contributed by atoms with E-state index in [0.29, 0.717) is 0 Å². The van der Waals surface area contributed by atoms with Gasteiger partial charge < -0.3 is 4.74 Å². The Kier molecular flexibility index (Phi) is 4.46. The van der Waals surface area contributed by atoms with Crippen LogP contribution >= 0.6 is 0 Å². The molecule has 2 aromatic rings. The topological polar surface area (TPSA) is 74.4 Å². The van der Waals surface area contributed by atoms with Crippen LogP contribution in [0, 0.1) is 25.3 Å². The maximum atomic E-state index is 9.18. The van der Waals surface area contributed by atoms with E-state index in [0.717, 1.165) is 27.7 Å². The number of anilines is 1. The highest BCUT2D eigenvalue weighted by Gasteiger charge is 2.08. The molecule has 0 saturated carbocycles. The van der Waals surface area contributed by atoms with Gasteiger partial charge >= 0.3 is 0 Å². The zero-order valence-corrected chi connectivity index (χ0v) is 12.1. The Bertz CT molecular complexity index is 668. The molecular weight excluding hydrogens is 266 g/mol. The van der Waals surface area contributed by atoms with Gasteiger partial charge in [0.1, 0.15) is 5.75 Å². The monoisotopic (exact) mass is 281 g/mol. The number of ether oxygens (including phenoxy) is 1. The van der Waals surface area contributed by atoms with Crippen molar-refractivity contribution in [1.82, 2.24) is 9.97 Å². The van der Waals surface area contributed by atoms with Crippen molar-refractivity contribution in [3.63, 3.8) is 0 Å². The lowest BCUT2D eigenvalue weighted by Gasteiger charge is -2.08. The first-order chi connectivity index (χ1) is 10.1. The van der Waals surface area contributed by atoms with Crippen molar-refractivity contribution in [2.75, 3.05) is 12.1 Å². The molecule has 0 fully saturated rings. The number of nitriles is 1. The minimum atomic E-state index is 0.264. The van der Waals surface area contributed by atoms with E-state index in [4.69, 9.17) is 4.74 Å². The molecule has 2 rings (SSSR count). The number of hydrogen-bond acceptors (Lipinski definition) is 6. The summed E-state index contributed by atoms with van der Waals surface area (Å²) in [6.45, 7) is 3.70.